The van der Waals surface area contributed by atoms with Crippen LogP contribution in [0.5, 0.6) is 0 Å². The molecule has 0 aliphatic carbocycles. The summed E-state index contributed by atoms with van der Waals surface area (Å²) < 4.78 is 0. The lowest BCUT2D eigenvalue weighted by Crippen LogP contribution is -1.93. The third-order valence-electron chi connectivity index (χ3n) is 3.65. The van der Waals surface area contributed by atoms with Crippen molar-refractivity contribution in [3.05, 3.63) is 12.2 Å². The fourth-order valence-electron chi connectivity index (χ4n) is 2.35. The van der Waals surface area contributed by atoms with Crippen molar-refractivity contribution in [2.24, 2.45) is 0 Å². The van der Waals surface area contributed by atoms with E-state index < -0.39 is 5.97 Å². The van der Waals surface area contributed by atoms with Crippen molar-refractivity contribution >= 4 is 5.97 Å². The Labute approximate surface area is 142 Å². The molecule has 5 nitrogen and oxygen atoms in total. The normalized spacial score (nSPS) is 9.78. The Morgan fingerprint density at radius 2 is 1.09 bits per heavy atom. The topological polar surface area (TPSA) is 132 Å². The van der Waals surface area contributed by atoms with Gasteiger partial charge in [-0.15, -0.1) is 0 Å². The SMILES string of the molecule is CCCCCCCC/C=C\CCCCCCCC(=O)O.O.O.O. The van der Waals surface area contributed by atoms with Crippen molar-refractivity contribution in [2.45, 2.75) is 96.8 Å². The van der Waals surface area contributed by atoms with Crippen molar-refractivity contribution in [2.75, 3.05) is 0 Å². The van der Waals surface area contributed by atoms with Crippen molar-refractivity contribution in [3.63, 3.8) is 0 Å². The summed E-state index contributed by atoms with van der Waals surface area (Å²) in [5, 5.41) is 8.51. The second kappa shape index (κ2) is 26.0. The molecule has 0 saturated carbocycles. The van der Waals surface area contributed by atoms with E-state index in [0.717, 1.165) is 12.8 Å². The molecule has 5 heteroatoms. The predicted molar refractivity (Wildman–Crippen MR) is 97.9 cm³/mol. The van der Waals surface area contributed by atoms with Crippen LogP contribution < -0.4 is 0 Å². The molecule has 7 N–H and O–H groups in total. The largest absolute Gasteiger partial charge is 0.481 e. The number of unbranched alkanes of at least 4 members (excludes halogenated alkanes) is 11. The van der Waals surface area contributed by atoms with Gasteiger partial charge in [-0.2, -0.15) is 0 Å². The van der Waals surface area contributed by atoms with Gasteiger partial charge in [-0.3, -0.25) is 4.79 Å². The van der Waals surface area contributed by atoms with Crippen LogP contribution in [0.4, 0.5) is 0 Å². The molecule has 0 amide bonds. The molecule has 0 heterocycles. The van der Waals surface area contributed by atoms with E-state index >= 15 is 0 Å². The molecule has 0 fully saturated rings. The second-order valence-corrected chi connectivity index (χ2v) is 5.73. The van der Waals surface area contributed by atoms with Crippen molar-refractivity contribution < 1.29 is 26.3 Å². The molecule has 0 aliphatic heterocycles. The Balaban J connectivity index is -0.000000602. The van der Waals surface area contributed by atoms with E-state index in [1.807, 2.05) is 0 Å². The van der Waals surface area contributed by atoms with Gasteiger partial charge in [-0.05, 0) is 32.1 Å². The van der Waals surface area contributed by atoms with Crippen LogP contribution in [0.1, 0.15) is 96.8 Å². The maximum absolute atomic E-state index is 10.3. The van der Waals surface area contributed by atoms with Gasteiger partial charge < -0.3 is 21.5 Å². The fourth-order valence-corrected chi connectivity index (χ4v) is 2.35. The number of aliphatic carboxylic acids is 1. The molecular formula is C18H40O5. The van der Waals surface area contributed by atoms with Crippen molar-refractivity contribution in [1.29, 1.82) is 0 Å². The monoisotopic (exact) mass is 336 g/mol. The van der Waals surface area contributed by atoms with Crippen LogP contribution in [0.2, 0.25) is 0 Å². The van der Waals surface area contributed by atoms with Crippen LogP contribution in [-0.4, -0.2) is 27.5 Å². The minimum atomic E-state index is -0.664. The Morgan fingerprint density at radius 1 is 0.696 bits per heavy atom. The van der Waals surface area contributed by atoms with Gasteiger partial charge in [0, 0.05) is 6.42 Å². The average molecular weight is 337 g/mol. The third kappa shape index (κ3) is 29.7. The second-order valence-electron chi connectivity index (χ2n) is 5.73. The van der Waals surface area contributed by atoms with Gasteiger partial charge in [-0.25, -0.2) is 0 Å². The lowest BCUT2D eigenvalue weighted by molar-refractivity contribution is -0.137. The number of hydrogen-bond donors (Lipinski definition) is 1. The first kappa shape index (κ1) is 30.0. The average Bonchev–Trinajstić information content (AvgIpc) is 2.43. The van der Waals surface area contributed by atoms with E-state index in [2.05, 4.69) is 19.1 Å². The first-order chi connectivity index (χ1) is 9.77. The molecule has 0 radical (unpaired) electrons. The number of allylic oxidation sites excluding steroid dienone is 2. The molecule has 0 saturated heterocycles. The van der Waals surface area contributed by atoms with Crippen LogP contribution in [0.3, 0.4) is 0 Å². The van der Waals surface area contributed by atoms with E-state index in [4.69, 9.17) is 5.11 Å². The smallest absolute Gasteiger partial charge is 0.303 e. The van der Waals surface area contributed by atoms with Crippen LogP contribution in [-0.2, 0) is 4.79 Å². The standard InChI is InChI=1S/C18H34O2.3H2O/c1-2-3-4-5-6-7-8-9-10-11-12-13-14-15-16-17-18(19)20;;;/h9-10H,2-8,11-17H2,1H3,(H,19,20);3*1H2/b10-9-;;;. The van der Waals surface area contributed by atoms with Crippen LogP contribution in [0.15, 0.2) is 12.2 Å². The van der Waals surface area contributed by atoms with Gasteiger partial charge in [0.05, 0.1) is 0 Å². The molecule has 0 aliphatic rings. The Morgan fingerprint density at radius 3 is 1.52 bits per heavy atom. The summed E-state index contributed by atoms with van der Waals surface area (Å²) in [4.78, 5) is 10.3. The number of carboxylic acids is 1. The summed E-state index contributed by atoms with van der Waals surface area (Å²) in [7, 11) is 0. The molecule has 0 aromatic carbocycles. The van der Waals surface area contributed by atoms with E-state index in [-0.39, 0.29) is 16.4 Å². The first-order valence-corrected chi connectivity index (χ1v) is 8.64. The predicted octanol–water partition coefficient (Wildman–Crippen LogP) is 3.63. The highest BCUT2D eigenvalue weighted by Crippen LogP contribution is 2.09. The lowest BCUT2D eigenvalue weighted by atomic mass is 10.1. The highest BCUT2D eigenvalue weighted by molar-refractivity contribution is 5.66. The quantitative estimate of drug-likeness (QED) is 0.361. The molecule has 0 atom stereocenters. The minimum Gasteiger partial charge on any atom is -0.481 e. The molecule has 0 unspecified atom stereocenters. The fraction of sp³-hybridized carbons (Fsp3) is 0.833. The highest BCUT2D eigenvalue weighted by atomic mass is 16.4. The molecule has 0 bridgehead atoms. The zero-order chi connectivity index (χ0) is 14.9. The summed E-state index contributed by atoms with van der Waals surface area (Å²) in [6, 6.07) is 0. The maximum atomic E-state index is 10.3. The van der Waals surface area contributed by atoms with Gasteiger partial charge in [0.25, 0.3) is 0 Å². The number of carbonyl (C=O) groups is 1. The van der Waals surface area contributed by atoms with Gasteiger partial charge in [0.15, 0.2) is 0 Å². The molecule has 0 aromatic rings. The van der Waals surface area contributed by atoms with Crippen molar-refractivity contribution in [3.8, 4) is 0 Å². The van der Waals surface area contributed by atoms with Crippen LogP contribution in [0, 0.1) is 0 Å². The van der Waals surface area contributed by atoms with E-state index in [9.17, 15) is 4.79 Å². The van der Waals surface area contributed by atoms with Crippen molar-refractivity contribution in [1.82, 2.24) is 0 Å². The summed E-state index contributed by atoms with van der Waals surface area (Å²) in [5.74, 6) is -0.664. The van der Waals surface area contributed by atoms with E-state index in [1.165, 1.54) is 70.6 Å². The van der Waals surface area contributed by atoms with Gasteiger partial charge in [0.1, 0.15) is 0 Å². The molecule has 0 rings (SSSR count). The molecule has 23 heavy (non-hydrogen) atoms. The molecule has 0 spiro atoms. The maximum Gasteiger partial charge on any atom is 0.303 e. The number of hydrogen-bond acceptors (Lipinski definition) is 1. The van der Waals surface area contributed by atoms with Crippen LogP contribution >= 0.6 is 0 Å². The number of carboxylic acid groups (broad SMARTS) is 1. The Bertz CT molecular complexity index is 242. The first-order valence-electron chi connectivity index (χ1n) is 8.64. The highest BCUT2D eigenvalue weighted by Gasteiger charge is 1.95. The van der Waals surface area contributed by atoms with E-state index in [1.54, 1.807) is 0 Å². The third-order valence-corrected chi connectivity index (χ3v) is 3.65. The minimum absolute atomic E-state index is 0. The summed E-state index contributed by atoms with van der Waals surface area (Å²) in [5.41, 5.74) is 0. The lowest BCUT2D eigenvalue weighted by Gasteiger charge is -1.99. The Hall–Kier alpha value is -0.910. The molecule has 0 aromatic heterocycles. The summed E-state index contributed by atoms with van der Waals surface area (Å²) in [6.45, 7) is 2.26. The van der Waals surface area contributed by atoms with Gasteiger partial charge in [0.2, 0.25) is 0 Å². The zero-order valence-electron chi connectivity index (χ0n) is 14.9. The van der Waals surface area contributed by atoms with Gasteiger partial charge in [-0.1, -0.05) is 70.4 Å². The Kier molecular flexibility index (Phi) is 34.0. The van der Waals surface area contributed by atoms with Gasteiger partial charge >= 0.3 is 5.97 Å². The number of rotatable bonds is 15. The molecular weight excluding hydrogens is 296 g/mol. The molecule has 142 valence electrons. The van der Waals surface area contributed by atoms with E-state index in [0.29, 0.717) is 6.42 Å². The van der Waals surface area contributed by atoms with Crippen LogP contribution in [0.25, 0.3) is 0 Å². The zero-order valence-corrected chi connectivity index (χ0v) is 14.9. The summed E-state index contributed by atoms with van der Waals surface area (Å²) >= 11 is 0. The summed E-state index contributed by atoms with van der Waals surface area (Å²) in [6.07, 6.45) is 21.2.